The van der Waals surface area contributed by atoms with Crippen LogP contribution in [-0.2, 0) is 0 Å². The van der Waals surface area contributed by atoms with Gasteiger partial charge in [0, 0.05) is 0 Å². The zero-order chi connectivity index (χ0) is 10.1. The number of unbranched alkanes of at least 4 members (excludes halogenated alkanes) is 1. The second-order valence-corrected chi connectivity index (χ2v) is 15.7. The fourth-order valence-corrected chi connectivity index (χ4v) is 6.07. The monoisotopic (exact) mass is 454 g/mol. The molecule has 1 aliphatic heterocycles. The Morgan fingerprint density at radius 2 is 1.92 bits per heavy atom. The summed E-state index contributed by atoms with van der Waals surface area (Å²) in [6.07, 6.45) is 5.84. The van der Waals surface area contributed by atoms with Crippen molar-refractivity contribution in [3.8, 4) is 0 Å². The number of hydrogen-bond acceptors (Lipinski definition) is 0. The maximum absolute atomic E-state index is 3.69. The quantitative estimate of drug-likeness (QED) is 0.456. The molecule has 76 valence electrons. The third kappa shape index (κ3) is 2.86. The first-order valence-electron chi connectivity index (χ1n) is 3.98. The third-order valence-corrected chi connectivity index (χ3v) is 16.0. The summed E-state index contributed by atoms with van der Waals surface area (Å²) in [6.45, 7) is 1.13. The predicted molar refractivity (Wildman–Crippen MR) is 77.9 cm³/mol. The molecule has 0 unspecified atom stereocenters. The van der Waals surface area contributed by atoms with Gasteiger partial charge in [0.15, 0.2) is 0 Å². The van der Waals surface area contributed by atoms with Gasteiger partial charge in [-0.15, -0.1) is 0 Å². The van der Waals surface area contributed by atoms with Crippen LogP contribution in [0.15, 0.2) is 19.3 Å². The molecule has 0 saturated carbocycles. The van der Waals surface area contributed by atoms with E-state index in [4.69, 9.17) is 0 Å². The van der Waals surface area contributed by atoms with E-state index >= 15 is 0 Å². The Morgan fingerprint density at radius 1 is 1.31 bits per heavy atom. The normalized spacial score (nSPS) is 23.3. The molecule has 0 spiro atoms. The maximum Gasteiger partial charge on any atom is 0.0601 e. The first-order chi connectivity index (χ1) is 6.00. The molecule has 0 radical (unpaired) electrons. The van der Waals surface area contributed by atoms with E-state index in [0.717, 1.165) is 6.42 Å². The molecule has 0 aromatic rings. The molecular weight excluding hydrogens is 448 g/mol. The van der Waals surface area contributed by atoms with Gasteiger partial charge in [0.05, 0.1) is 7.63 Å². The van der Waals surface area contributed by atoms with E-state index < -0.39 is 6.89 Å². The van der Waals surface area contributed by atoms with Gasteiger partial charge in [0.25, 0.3) is 0 Å². The Morgan fingerprint density at radius 3 is 2.31 bits per heavy atom. The van der Waals surface area contributed by atoms with Gasteiger partial charge < -0.3 is 0 Å². The number of halogens is 4. The second kappa shape index (κ2) is 5.19. The zero-order valence-corrected chi connectivity index (χ0v) is 14.3. The minimum Gasteiger partial charge on any atom is -0.0654 e. The van der Waals surface area contributed by atoms with Crippen molar-refractivity contribution < 1.29 is 0 Å². The van der Waals surface area contributed by atoms with Crippen molar-refractivity contribution in [3.05, 3.63) is 19.3 Å². The summed E-state index contributed by atoms with van der Waals surface area (Å²) in [5.74, 6) is 0. The van der Waals surface area contributed by atoms with Crippen molar-refractivity contribution in [1.82, 2.24) is 0 Å². The fourth-order valence-electron chi connectivity index (χ4n) is 1.06. The number of hydrogen-bond donors (Lipinski definition) is 0. The lowest BCUT2D eigenvalue weighted by Gasteiger charge is -2.20. The van der Waals surface area contributed by atoms with Gasteiger partial charge in [-0.2, -0.15) is 0 Å². The van der Waals surface area contributed by atoms with Gasteiger partial charge in [0.1, 0.15) is 0 Å². The van der Waals surface area contributed by atoms with Crippen molar-refractivity contribution in [2.75, 3.05) is 0 Å². The molecule has 0 bridgehead atoms. The third-order valence-electron chi connectivity index (χ3n) is 1.81. The summed E-state index contributed by atoms with van der Waals surface area (Å²) >= 11 is 14.6. The summed E-state index contributed by atoms with van der Waals surface area (Å²) in [4.78, 5) is 0. The summed E-state index contributed by atoms with van der Waals surface area (Å²) in [7, 11) is 0. The molecule has 1 heterocycles. The van der Waals surface area contributed by atoms with Gasteiger partial charge in [-0.05, 0) is 86.0 Å². The highest BCUT2D eigenvalue weighted by Crippen LogP contribution is 2.80. The molecule has 13 heavy (non-hydrogen) atoms. The smallest absolute Gasteiger partial charge is 0.0601 e. The van der Waals surface area contributed by atoms with Crippen LogP contribution in [0.3, 0.4) is 0 Å². The van der Waals surface area contributed by atoms with Gasteiger partial charge in [0.2, 0.25) is 0 Å². The molecular formula is C8H10Br4S. The highest BCUT2D eigenvalue weighted by molar-refractivity contribution is 9.94. The minimum atomic E-state index is -1.08. The summed E-state index contributed by atoms with van der Waals surface area (Å²) in [5, 5.41) is 0. The topological polar surface area (TPSA) is 0 Å². The van der Waals surface area contributed by atoms with Gasteiger partial charge in [-0.1, -0.05) is 20.2 Å². The SMILES string of the molecule is CCCCC1=C(Br)S(Br)(Br)C(Br)=C1. The Kier molecular flexibility index (Phi) is 5.12. The molecule has 0 aromatic heterocycles. The largest absolute Gasteiger partial charge is 0.0654 e. The van der Waals surface area contributed by atoms with E-state index in [9.17, 15) is 0 Å². The van der Waals surface area contributed by atoms with Crippen LogP contribution in [0.2, 0.25) is 0 Å². The van der Waals surface area contributed by atoms with Crippen LogP contribution >= 0.6 is 68.4 Å². The molecule has 0 saturated heterocycles. The lowest BCUT2D eigenvalue weighted by Crippen LogP contribution is -1.79. The van der Waals surface area contributed by atoms with Gasteiger partial charge in [-0.3, -0.25) is 0 Å². The van der Waals surface area contributed by atoms with Gasteiger partial charge >= 0.3 is 0 Å². The van der Waals surface area contributed by atoms with E-state index in [0.29, 0.717) is 0 Å². The Bertz CT molecular complexity index is 267. The number of allylic oxidation sites excluding steroid dienone is 2. The van der Waals surface area contributed by atoms with Crippen LogP contribution in [0, 0.1) is 0 Å². The molecule has 0 amide bonds. The van der Waals surface area contributed by atoms with Crippen LogP contribution in [0.5, 0.6) is 0 Å². The minimum absolute atomic E-state index is 1.08. The van der Waals surface area contributed by atoms with Crippen molar-refractivity contribution in [3.63, 3.8) is 0 Å². The van der Waals surface area contributed by atoms with Crippen molar-refractivity contribution in [2.24, 2.45) is 0 Å². The summed E-state index contributed by atoms with van der Waals surface area (Å²) in [5.41, 5.74) is 1.40. The standard InChI is InChI=1S/C8H10Br4S/c1-2-3-4-6-5-7(9)13(11,12)8(6)10/h5H,2-4H2,1H3. The van der Waals surface area contributed by atoms with E-state index in [2.05, 4.69) is 74.5 Å². The first kappa shape index (κ1) is 12.8. The molecule has 0 atom stereocenters. The van der Waals surface area contributed by atoms with Crippen LogP contribution in [-0.4, -0.2) is 0 Å². The van der Waals surface area contributed by atoms with E-state index in [1.165, 1.54) is 26.0 Å². The van der Waals surface area contributed by atoms with E-state index in [-0.39, 0.29) is 0 Å². The predicted octanol–water partition coefficient (Wildman–Crippen LogP) is 6.46. The average Bonchev–Trinajstić information content (AvgIpc) is 2.26. The Hall–Kier alpha value is 1.75. The molecule has 0 nitrogen and oxygen atoms in total. The van der Waals surface area contributed by atoms with Gasteiger partial charge in [-0.25, -0.2) is 0 Å². The highest BCUT2D eigenvalue weighted by atomic mass is 79.9. The summed E-state index contributed by atoms with van der Waals surface area (Å²) < 4.78 is 2.47. The molecule has 0 fully saturated rings. The molecule has 0 aliphatic carbocycles. The molecule has 0 N–H and O–H groups in total. The number of rotatable bonds is 3. The lowest BCUT2D eigenvalue weighted by atomic mass is 10.1. The van der Waals surface area contributed by atoms with Crippen LogP contribution in [0.4, 0.5) is 0 Å². The van der Waals surface area contributed by atoms with E-state index in [1.54, 1.807) is 0 Å². The average molecular weight is 458 g/mol. The Balaban J connectivity index is 2.80. The van der Waals surface area contributed by atoms with Crippen molar-refractivity contribution in [2.45, 2.75) is 26.2 Å². The maximum atomic E-state index is 3.69. The molecule has 0 aromatic carbocycles. The first-order valence-corrected chi connectivity index (χ1v) is 10.9. The molecule has 5 heteroatoms. The Labute approximate surface area is 113 Å². The second-order valence-electron chi connectivity index (χ2n) is 2.82. The molecule has 1 aliphatic rings. The van der Waals surface area contributed by atoms with E-state index in [1.807, 2.05) is 0 Å². The fraction of sp³-hybridized carbons (Fsp3) is 0.500. The van der Waals surface area contributed by atoms with Crippen LogP contribution < -0.4 is 0 Å². The summed E-state index contributed by atoms with van der Waals surface area (Å²) in [6, 6.07) is 0. The van der Waals surface area contributed by atoms with Crippen molar-refractivity contribution >= 4 is 68.4 Å². The van der Waals surface area contributed by atoms with Crippen LogP contribution in [0.25, 0.3) is 0 Å². The highest BCUT2D eigenvalue weighted by Gasteiger charge is 2.31. The zero-order valence-electron chi connectivity index (χ0n) is 7.12. The van der Waals surface area contributed by atoms with Crippen molar-refractivity contribution in [1.29, 1.82) is 0 Å². The molecule has 1 rings (SSSR count). The van der Waals surface area contributed by atoms with Crippen LogP contribution in [0.1, 0.15) is 26.2 Å². The lowest BCUT2D eigenvalue weighted by molar-refractivity contribution is 0.799.